The SMILES string of the molecule is C[C@H]1CC[C@H]2[C-](CC[C@@H]3C2CC[C@@]2(C)C3[C@H](C)CC[C@@H]2[C@](C)(O)Cn2cc(C#N)cn2)C1.[Li+]. The Balaban J connectivity index is 0.00000259. The number of aliphatic hydroxyl groups is 1. The number of hydrogen-bond acceptors (Lipinski definition) is 3. The number of hydrogen-bond donors (Lipinski definition) is 1. The molecule has 2 unspecified atom stereocenters. The van der Waals surface area contributed by atoms with Crippen molar-refractivity contribution in [2.24, 2.45) is 46.8 Å². The number of nitrogens with zero attached hydrogens (tertiary/aromatic N) is 3. The molecule has 0 aliphatic heterocycles. The van der Waals surface area contributed by atoms with Crippen LogP contribution in [0.15, 0.2) is 12.4 Å². The number of aromatic nitrogens is 2. The van der Waals surface area contributed by atoms with Crippen LogP contribution < -0.4 is 18.9 Å². The van der Waals surface area contributed by atoms with Gasteiger partial charge in [-0.3, -0.25) is 4.68 Å². The standard InChI is InChI=1S/C28H42N3O.Li/c1-18-5-8-22-21(13-18)7-9-24-23(22)11-12-27(3)25(10-6-19(2)26(24)27)28(4,32)17-31-16-20(14-29)15-30-31;/h15-16,18-19,22-26,32H,5-13,17H2,1-4H3;/q-1;+1/t18-,19+,22-,23?,24+,25-,26?,27+,28+;/m0./s1. The monoisotopic (exact) mass is 443 g/mol. The van der Waals surface area contributed by atoms with E-state index >= 15 is 0 Å². The van der Waals surface area contributed by atoms with E-state index in [0.29, 0.717) is 12.1 Å². The second kappa shape index (κ2) is 9.37. The van der Waals surface area contributed by atoms with Crippen molar-refractivity contribution in [1.82, 2.24) is 9.78 Å². The predicted octanol–water partition coefficient (Wildman–Crippen LogP) is 3.01. The van der Waals surface area contributed by atoms with Crippen LogP contribution in [-0.4, -0.2) is 20.5 Å². The molecule has 0 saturated heterocycles. The third kappa shape index (κ3) is 4.37. The number of rotatable bonds is 3. The summed E-state index contributed by atoms with van der Waals surface area (Å²) in [6, 6.07) is 2.16. The topological polar surface area (TPSA) is 61.8 Å². The molecule has 1 N–H and O–H groups in total. The molecule has 0 bridgehead atoms. The molecule has 33 heavy (non-hydrogen) atoms. The normalized spacial score (nSPS) is 42.6. The summed E-state index contributed by atoms with van der Waals surface area (Å²) in [6.45, 7) is 9.98. The van der Waals surface area contributed by atoms with Crippen LogP contribution in [0.1, 0.15) is 91.0 Å². The van der Waals surface area contributed by atoms with Gasteiger partial charge in [-0.05, 0) is 48.9 Å². The maximum atomic E-state index is 11.8. The van der Waals surface area contributed by atoms with Gasteiger partial charge in [-0.1, -0.05) is 64.7 Å². The van der Waals surface area contributed by atoms with Crippen molar-refractivity contribution in [2.75, 3.05) is 0 Å². The van der Waals surface area contributed by atoms with Gasteiger partial charge in [-0.2, -0.15) is 29.1 Å². The van der Waals surface area contributed by atoms with Crippen molar-refractivity contribution in [3.05, 3.63) is 23.9 Å². The molecule has 0 spiro atoms. The molecular formula is C28H42LiN3O. The van der Waals surface area contributed by atoms with E-state index in [-0.39, 0.29) is 30.2 Å². The van der Waals surface area contributed by atoms with Gasteiger partial charge in [0.05, 0.1) is 23.9 Å². The quantitative estimate of drug-likeness (QED) is 0.577. The van der Waals surface area contributed by atoms with Crippen molar-refractivity contribution in [2.45, 2.75) is 97.6 Å². The van der Waals surface area contributed by atoms with Crippen LogP contribution in [0.5, 0.6) is 0 Å². The Hall–Kier alpha value is -0.743. The predicted molar refractivity (Wildman–Crippen MR) is 126 cm³/mol. The summed E-state index contributed by atoms with van der Waals surface area (Å²) in [5.41, 5.74) is -0.0588. The molecule has 1 aromatic heterocycles. The molecule has 1 aromatic rings. The molecule has 4 aliphatic rings. The van der Waals surface area contributed by atoms with Crippen molar-refractivity contribution >= 4 is 0 Å². The first-order valence-corrected chi connectivity index (χ1v) is 13.2. The van der Waals surface area contributed by atoms with E-state index in [1.54, 1.807) is 17.1 Å². The Morgan fingerprint density at radius 1 is 1.21 bits per heavy atom. The van der Waals surface area contributed by atoms with Gasteiger partial charge in [-0.15, -0.1) is 0 Å². The summed E-state index contributed by atoms with van der Waals surface area (Å²) >= 11 is 0. The van der Waals surface area contributed by atoms with Crippen LogP contribution in [0.25, 0.3) is 0 Å². The minimum absolute atomic E-state index is 0. The van der Waals surface area contributed by atoms with E-state index in [4.69, 9.17) is 5.26 Å². The molecule has 5 heteroatoms. The third-order valence-corrected chi connectivity index (χ3v) is 10.5. The van der Waals surface area contributed by atoms with E-state index in [9.17, 15) is 5.11 Å². The van der Waals surface area contributed by atoms with Gasteiger partial charge < -0.3 is 11.0 Å². The zero-order valence-corrected chi connectivity index (χ0v) is 21.6. The molecule has 4 fully saturated rings. The first-order chi connectivity index (χ1) is 15.2. The van der Waals surface area contributed by atoms with E-state index in [1.165, 1.54) is 51.4 Å². The van der Waals surface area contributed by atoms with Gasteiger partial charge in [0.15, 0.2) is 0 Å². The van der Waals surface area contributed by atoms with Crippen LogP contribution >= 0.6 is 0 Å². The van der Waals surface area contributed by atoms with Gasteiger partial charge in [0.2, 0.25) is 0 Å². The van der Waals surface area contributed by atoms with Crippen LogP contribution in [0.4, 0.5) is 0 Å². The Morgan fingerprint density at radius 2 is 2.00 bits per heavy atom. The van der Waals surface area contributed by atoms with E-state index in [1.807, 2.05) is 12.8 Å². The molecule has 5 rings (SSSR count). The van der Waals surface area contributed by atoms with Crippen LogP contribution in [0, 0.1) is 64.1 Å². The Labute approximate surface area is 213 Å². The van der Waals surface area contributed by atoms with Crippen LogP contribution in [0.2, 0.25) is 0 Å². The maximum absolute atomic E-state index is 11.8. The average Bonchev–Trinajstić information content (AvgIpc) is 3.19. The average molecular weight is 444 g/mol. The van der Waals surface area contributed by atoms with E-state index in [0.717, 1.165) is 41.9 Å². The molecule has 4 saturated carbocycles. The molecule has 0 radical (unpaired) electrons. The Morgan fingerprint density at radius 3 is 2.73 bits per heavy atom. The van der Waals surface area contributed by atoms with Crippen molar-refractivity contribution < 1.29 is 24.0 Å². The summed E-state index contributed by atoms with van der Waals surface area (Å²) in [6.07, 6.45) is 15.3. The molecule has 0 amide bonds. The molecule has 4 nitrogen and oxygen atoms in total. The zero-order valence-electron chi connectivity index (χ0n) is 21.6. The largest absolute Gasteiger partial charge is 1.00 e. The van der Waals surface area contributed by atoms with E-state index < -0.39 is 5.60 Å². The Kier molecular flexibility index (Phi) is 7.20. The second-order valence-electron chi connectivity index (χ2n) is 12.6. The van der Waals surface area contributed by atoms with Gasteiger partial charge in [0.1, 0.15) is 6.07 Å². The molecule has 0 aromatic carbocycles. The summed E-state index contributed by atoms with van der Waals surface area (Å²) in [7, 11) is 0. The van der Waals surface area contributed by atoms with Gasteiger partial charge in [0, 0.05) is 6.20 Å². The van der Waals surface area contributed by atoms with Crippen molar-refractivity contribution in [1.29, 1.82) is 5.26 Å². The number of nitriles is 1. The van der Waals surface area contributed by atoms with Crippen molar-refractivity contribution in [3.8, 4) is 6.07 Å². The minimum atomic E-state index is -0.815. The Bertz CT molecular complexity index is 875. The first-order valence-electron chi connectivity index (χ1n) is 13.2. The van der Waals surface area contributed by atoms with Gasteiger partial charge >= 0.3 is 18.9 Å². The fourth-order valence-electron chi connectivity index (χ4n) is 9.42. The summed E-state index contributed by atoms with van der Waals surface area (Å²) in [5.74, 6) is 7.16. The number of fused-ring (bicyclic) bond motifs is 5. The molecule has 176 valence electrons. The fourth-order valence-corrected chi connectivity index (χ4v) is 9.42. The summed E-state index contributed by atoms with van der Waals surface area (Å²) in [4.78, 5) is 0. The third-order valence-electron chi connectivity index (χ3n) is 10.5. The molecule has 4 aliphatic carbocycles. The molecule has 1 heterocycles. The van der Waals surface area contributed by atoms with Crippen molar-refractivity contribution in [3.63, 3.8) is 0 Å². The molecular weight excluding hydrogens is 401 g/mol. The van der Waals surface area contributed by atoms with Gasteiger partial charge in [0.25, 0.3) is 0 Å². The summed E-state index contributed by atoms with van der Waals surface area (Å²) < 4.78 is 1.78. The minimum Gasteiger partial charge on any atom is -0.388 e. The molecule has 9 atom stereocenters. The first kappa shape index (κ1) is 25.4. The van der Waals surface area contributed by atoms with E-state index in [2.05, 4.69) is 31.9 Å². The summed E-state index contributed by atoms with van der Waals surface area (Å²) in [5, 5.41) is 25.3. The zero-order chi connectivity index (χ0) is 22.7. The fraction of sp³-hybridized carbons (Fsp3) is 0.821. The van der Waals surface area contributed by atoms with Crippen LogP contribution in [-0.2, 0) is 6.54 Å². The smallest absolute Gasteiger partial charge is 0.388 e. The van der Waals surface area contributed by atoms with Crippen LogP contribution in [0.3, 0.4) is 0 Å². The maximum Gasteiger partial charge on any atom is 1.00 e. The second-order valence-corrected chi connectivity index (χ2v) is 12.6. The van der Waals surface area contributed by atoms with Gasteiger partial charge in [-0.25, -0.2) is 0 Å².